The van der Waals surface area contributed by atoms with Gasteiger partial charge in [0.15, 0.2) is 4.34 Å². The number of thioether (sulfide) groups is 1. The Hall–Kier alpha value is -1.27. The molecule has 0 aliphatic carbocycles. The van der Waals surface area contributed by atoms with Crippen LogP contribution in [0.1, 0.15) is 0 Å². The summed E-state index contributed by atoms with van der Waals surface area (Å²) >= 11 is 14.8. The lowest BCUT2D eigenvalue weighted by molar-refractivity contribution is -0.113. The first-order chi connectivity index (χ1) is 10.6. The normalized spacial score (nSPS) is 10.8. The van der Waals surface area contributed by atoms with E-state index in [0.717, 1.165) is 14.6 Å². The summed E-state index contributed by atoms with van der Waals surface area (Å²) in [6.07, 6.45) is 0. The average molecular weight is 369 g/mol. The van der Waals surface area contributed by atoms with E-state index in [2.05, 4.69) is 10.3 Å². The molecule has 3 nitrogen and oxygen atoms in total. The Balaban J connectivity index is 1.62. The highest BCUT2D eigenvalue weighted by atomic mass is 35.5. The standard InChI is InChI=1S/C15H10Cl2N2OS2/c16-9-2-1-3-11(6-9)18-14(20)8-21-15-19-12-7-10(17)4-5-13(12)22-15/h1-7H,8H2,(H,18,20). The van der Waals surface area contributed by atoms with Crippen LogP contribution in [0.5, 0.6) is 0 Å². The molecule has 7 heteroatoms. The molecule has 0 radical (unpaired) electrons. The molecule has 0 aliphatic rings. The lowest BCUT2D eigenvalue weighted by Crippen LogP contribution is -2.13. The largest absolute Gasteiger partial charge is 0.325 e. The number of anilines is 1. The number of halogens is 2. The SMILES string of the molecule is O=C(CSc1nc2cc(Cl)ccc2s1)Nc1cccc(Cl)c1. The second kappa shape index (κ2) is 6.87. The Kier molecular flexibility index (Phi) is 4.88. The molecule has 3 rings (SSSR count). The van der Waals surface area contributed by atoms with Crippen molar-refractivity contribution in [2.45, 2.75) is 4.34 Å². The summed E-state index contributed by atoms with van der Waals surface area (Å²) in [5.41, 5.74) is 1.55. The molecule has 2 aromatic carbocycles. The van der Waals surface area contributed by atoms with Crippen LogP contribution < -0.4 is 5.32 Å². The average Bonchev–Trinajstić information content (AvgIpc) is 2.87. The van der Waals surface area contributed by atoms with Gasteiger partial charge in [-0.3, -0.25) is 4.79 Å². The maximum absolute atomic E-state index is 11.9. The molecule has 0 bridgehead atoms. The van der Waals surface area contributed by atoms with Gasteiger partial charge in [0.05, 0.1) is 16.0 Å². The fourth-order valence-corrected chi connectivity index (χ4v) is 4.04. The van der Waals surface area contributed by atoms with Crippen LogP contribution >= 0.6 is 46.3 Å². The summed E-state index contributed by atoms with van der Waals surface area (Å²) in [6, 6.07) is 12.7. The third-order valence-corrected chi connectivity index (χ3v) is 5.41. The summed E-state index contributed by atoms with van der Waals surface area (Å²) in [6.45, 7) is 0. The van der Waals surface area contributed by atoms with Crippen molar-refractivity contribution in [3.05, 3.63) is 52.5 Å². The molecule has 112 valence electrons. The lowest BCUT2D eigenvalue weighted by Gasteiger charge is -2.04. The lowest BCUT2D eigenvalue weighted by atomic mass is 10.3. The molecular formula is C15H10Cl2N2OS2. The van der Waals surface area contributed by atoms with Gasteiger partial charge in [-0.05, 0) is 36.4 Å². The van der Waals surface area contributed by atoms with Crippen LogP contribution in [0, 0.1) is 0 Å². The number of carbonyl (C=O) groups is 1. The first kappa shape index (κ1) is 15.6. The van der Waals surface area contributed by atoms with Gasteiger partial charge in [0, 0.05) is 15.7 Å². The molecule has 0 saturated carbocycles. The van der Waals surface area contributed by atoms with E-state index in [1.165, 1.54) is 11.8 Å². The van der Waals surface area contributed by atoms with Crippen LogP contribution in [0.3, 0.4) is 0 Å². The number of carbonyl (C=O) groups excluding carboxylic acids is 1. The van der Waals surface area contributed by atoms with Gasteiger partial charge < -0.3 is 5.32 Å². The monoisotopic (exact) mass is 368 g/mol. The minimum Gasteiger partial charge on any atom is -0.325 e. The van der Waals surface area contributed by atoms with Gasteiger partial charge in [-0.2, -0.15) is 0 Å². The van der Waals surface area contributed by atoms with Crippen LogP contribution in [0.4, 0.5) is 5.69 Å². The number of amides is 1. The molecule has 1 heterocycles. The maximum Gasteiger partial charge on any atom is 0.234 e. The van der Waals surface area contributed by atoms with Crippen molar-refractivity contribution in [1.82, 2.24) is 4.98 Å². The van der Waals surface area contributed by atoms with E-state index in [0.29, 0.717) is 21.5 Å². The van der Waals surface area contributed by atoms with E-state index in [9.17, 15) is 4.79 Å². The van der Waals surface area contributed by atoms with E-state index < -0.39 is 0 Å². The summed E-state index contributed by atoms with van der Waals surface area (Å²) in [7, 11) is 0. The third-order valence-electron chi connectivity index (χ3n) is 2.77. The topological polar surface area (TPSA) is 42.0 Å². The molecular weight excluding hydrogens is 359 g/mol. The van der Waals surface area contributed by atoms with E-state index in [1.807, 2.05) is 18.2 Å². The molecule has 0 atom stereocenters. The molecule has 3 aromatic rings. The fourth-order valence-electron chi connectivity index (χ4n) is 1.83. The molecule has 0 fully saturated rings. The number of benzene rings is 2. The quantitative estimate of drug-likeness (QED) is 0.632. The second-order valence-corrected chi connectivity index (χ2v) is 7.57. The van der Waals surface area contributed by atoms with Crippen LogP contribution in [0.2, 0.25) is 10.0 Å². The molecule has 22 heavy (non-hydrogen) atoms. The fraction of sp³-hybridized carbons (Fsp3) is 0.0667. The van der Waals surface area contributed by atoms with Gasteiger partial charge in [0.1, 0.15) is 0 Å². The highest BCUT2D eigenvalue weighted by molar-refractivity contribution is 8.01. The van der Waals surface area contributed by atoms with E-state index >= 15 is 0 Å². The van der Waals surface area contributed by atoms with Crippen LogP contribution in [0.25, 0.3) is 10.2 Å². The van der Waals surface area contributed by atoms with Gasteiger partial charge in [-0.1, -0.05) is 41.0 Å². The number of rotatable bonds is 4. The second-order valence-electron chi connectivity index (χ2n) is 4.44. The number of thiazole rings is 1. The van der Waals surface area contributed by atoms with Gasteiger partial charge >= 0.3 is 0 Å². The molecule has 1 aromatic heterocycles. The molecule has 0 spiro atoms. The van der Waals surface area contributed by atoms with E-state index in [1.54, 1.807) is 35.6 Å². The molecule has 1 N–H and O–H groups in total. The first-order valence-electron chi connectivity index (χ1n) is 6.34. The molecule has 0 unspecified atom stereocenters. The minimum absolute atomic E-state index is 0.0930. The number of hydrogen-bond acceptors (Lipinski definition) is 4. The van der Waals surface area contributed by atoms with Crippen LogP contribution in [-0.4, -0.2) is 16.6 Å². The van der Waals surface area contributed by atoms with Crippen molar-refractivity contribution in [3.8, 4) is 0 Å². The molecule has 0 saturated heterocycles. The van der Waals surface area contributed by atoms with Crippen molar-refractivity contribution in [2.75, 3.05) is 11.1 Å². The Morgan fingerprint density at radius 1 is 1.18 bits per heavy atom. The minimum atomic E-state index is -0.0930. The highest BCUT2D eigenvalue weighted by Crippen LogP contribution is 2.31. The summed E-state index contributed by atoms with van der Waals surface area (Å²) in [4.78, 5) is 16.4. The van der Waals surface area contributed by atoms with Crippen LogP contribution in [-0.2, 0) is 4.79 Å². The highest BCUT2D eigenvalue weighted by Gasteiger charge is 2.08. The van der Waals surface area contributed by atoms with Crippen molar-refractivity contribution >= 4 is 68.1 Å². The van der Waals surface area contributed by atoms with Crippen molar-refractivity contribution in [2.24, 2.45) is 0 Å². The van der Waals surface area contributed by atoms with Gasteiger partial charge in [-0.15, -0.1) is 11.3 Å². The van der Waals surface area contributed by atoms with Crippen molar-refractivity contribution < 1.29 is 4.79 Å². The van der Waals surface area contributed by atoms with Gasteiger partial charge in [-0.25, -0.2) is 4.98 Å². The predicted molar refractivity (Wildman–Crippen MR) is 95.4 cm³/mol. The third kappa shape index (κ3) is 3.93. The smallest absolute Gasteiger partial charge is 0.234 e. The van der Waals surface area contributed by atoms with Crippen LogP contribution in [0.15, 0.2) is 46.8 Å². The van der Waals surface area contributed by atoms with E-state index in [4.69, 9.17) is 23.2 Å². The number of nitrogens with one attached hydrogen (secondary N) is 1. The Labute approximate surface area is 145 Å². The molecule has 1 amide bonds. The van der Waals surface area contributed by atoms with E-state index in [-0.39, 0.29) is 5.91 Å². The number of nitrogens with zero attached hydrogens (tertiary/aromatic N) is 1. The Morgan fingerprint density at radius 3 is 2.82 bits per heavy atom. The van der Waals surface area contributed by atoms with Crippen molar-refractivity contribution in [3.63, 3.8) is 0 Å². The summed E-state index contributed by atoms with van der Waals surface area (Å²) in [5, 5.41) is 4.06. The Bertz CT molecular complexity index is 835. The number of aromatic nitrogens is 1. The first-order valence-corrected chi connectivity index (χ1v) is 8.90. The zero-order valence-corrected chi connectivity index (χ0v) is 14.3. The zero-order chi connectivity index (χ0) is 15.5. The maximum atomic E-state index is 11.9. The number of fused-ring (bicyclic) bond motifs is 1. The van der Waals surface area contributed by atoms with Gasteiger partial charge in [0.2, 0.25) is 5.91 Å². The summed E-state index contributed by atoms with van der Waals surface area (Å²) < 4.78 is 1.90. The predicted octanol–water partition coefficient (Wildman–Crippen LogP) is 5.33. The van der Waals surface area contributed by atoms with Gasteiger partial charge in [0.25, 0.3) is 0 Å². The number of hydrogen-bond donors (Lipinski definition) is 1. The van der Waals surface area contributed by atoms with Crippen molar-refractivity contribution in [1.29, 1.82) is 0 Å². The molecule has 0 aliphatic heterocycles. The Morgan fingerprint density at radius 2 is 2.00 bits per heavy atom. The zero-order valence-electron chi connectivity index (χ0n) is 11.2. The summed E-state index contributed by atoms with van der Waals surface area (Å²) in [5.74, 6) is 0.199.